The Kier molecular flexibility index (Phi) is 5.60. The van der Waals surface area contributed by atoms with Gasteiger partial charge in [0.25, 0.3) is 11.6 Å². The van der Waals surface area contributed by atoms with E-state index in [1.165, 1.54) is 18.4 Å². The number of para-hydroxylation sites is 1. The zero-order valence-corrected chi connectivity index (χ0v) is 16.3. The summed E-state index contributed by atoms with van der Waals surface area (Å²) in [6.45, 7) is 0. The van der Waals surface area contributed by atoms with E-state index in [-0.39, 0.29) is 14.9 Å². The quantitative estimate of drug-likeness (QED) is 0.225. The molecule has 26 heavy (non-hydrogen) atoms. The van der Waals surface area contributed by atoms with Gasteiger partial charge in [0.2, 0.25) is 0 Å². The fraction of sp³-hybridized carbons (Fsp3) is 0. The van der Waals surface area contributed by atoms with Gasteiger partial charge in [0.1, 0.15) is 0 Å². The topological polar surface area (TPSA) is 75.8 Å². The highest BCUT2D eigenvalue weighted by molar-refractivity contribution is 9.10. The van der Waals surface area contributed by atoms with Gasteiger partial charge >= 0.3 is 0 Å². The Balaban J connectivity index is 1.86. The summed E-state index contributed by atoms with van der Waals surface area (Å²) in [7, 11) is 0. The van der Waals surface area contributed by atoms with Crippen LogP contribution in [0.3, 0.4) is 0 Å². The Morgan fingerprint density at radius 2 is 2.00 bits per heavy atom. The highest BCUT2D eigenvalue weighted by atomic mass is 79.9. The van der Waals surface area contributed by atoms with E-state index in [1.807, 2.05) is 24.3 Å². The lowest BCUT2D eigenvalue weighted by Gasteiger charge is -2.06. The van der Waals surface area contributed by atoms with Crippen molar-refractivity contribution in [2.45, 2.75) is 0 Å². The summed E-state index contributed by atoms with van der Waals surface area (Å²) in [6.07, 6.45) is 3.00. The zero-order chi connectivity index (χ0) is 18.7. The van der Waals surface area contributed by atoms with Crippen molar-refractivity contribution < 1.29 is 9.72 Å². The molecule has 9 heteroatoms. The van der Waals surface area contributed by atoms with Crippen molar-refractivity contribution in [1.82, 2.24) is 5.01 Å². The summed E-state index contributed by atoms with van der Waals surface area (Å²) in [6, 6.07) is 13.6. The molecule has 0 saturated carbocycles. The van der Waals surface area contributed by atoms with Crippen molar-refractivity contribution >= 4 is 68.1 Å². The van der Waals surface area contributed by atoms with Gasteiger partial charge in [-0.25, -0.2) is 0 Å². The van der Waals surface area contributed by atoms with Crippen LogP contribution in [0.25, 0.3) is 6.08 Å². The highest BCUT2D eigenvalue weighted by Gasteiger charge is 2.32. The van der Waals surface area contributed by atoms with Gasteiger partial charge in [-0.2, -0.15) is 10.1 Å². The third-order valence-corrected chi connectivity index (χ3v) is 5.14. The summed E-state index contributed by atoms with van der Waals surface area (Å²) in [4.78, 5) is 23.5. The number of nitro benzene ring substituents is 1. The van der Waals surface area contributed by atoms with Crippen molar-refractivity contribution in [2.75, 3.05) is 0 Å². The van der Waals surface area contributed by atoms with Gasteiger partial charge in [-0.15, -0.1) is 0 Å². The lowest BCUT2D eigenvalue weighted by molar-refractivity contribution is -0.385. The molecule has 0 bridgehead atoms. The summed E-state index contributed by atoms with van der Waals surface area (Å²) in [5.74, 6) is -0.413. The molecule has 3 rings (SSSR count). The van der Waals surface area contributed by atoms with Gasteiger partial charge in [0.15, 0.2) is 4.32 Å². The molecule has 1 saturated heterocycles. The molecule has 1 heterocycles. The number of thiocarbonyl (C=S) groups is 1. The van der Waals surface area contributed by atoms with Crippen molar-refractivity contribution in [3.8, 4) is 0 Å². The van der Waals surface area contributed by atoms with E-state index in [0.29, 0.717) is 5.56 Å². The van der Waals surface area contributed by atoms with Crippen LogP contribution in [0.2, 0.25) is 0 Å². The minimum Gasteiger partial charge on any atom is -0.266 e. The number of carbonyl (C=O) groups excluding carboxylic acids is 1. The summed E-state index contributed by atoms with van der Waals surface area (Å²) in [5.41, 5.74) is 1.07. The number of thioether (sulfide) groups is 1. The molecule has 0 unspecified atom stereocenters. The normalized spacial score (nSPS) is 16.0. The summed E-state index contributed by atoms with van der Waals surface area (Å²) >= 11 is 9.63. The Hall–Kier alpha value is -2.36. The lowest BCUT2D eigenvalue weighted by atomic mass is 10.1. The third kappa shape index (κ3) is 4.06. The number of amides is 1. The third-order valence-electron chi connectivity index (χ3n) is 3.36. The average Bonchev–Trinajstić information content (AvgIpc) is 2.87. The van der Waals surface area contributed by atoms with E-state index >= 15 is 0 Å². The van der Waals surface area contributed by atoms with Crippen LogP contribution < -0.4 is 0 Å². The van der Waals surface area contributed by atoms with Gasteiger partial charge in [0.05, 0.1) is 21.6 Å². The molecule has 1 fully saturated rings. The van der Waals surface area contributed by atoms with Gasteiger partial charge in [-0.05, 0) is 42.1 Å². The minimum absolute atomic E-state index is 0.0737. The molecule has 0 radical (unpaired) electrons. The average molecular weight is 448 g/mol. The Labute approximate surface area is 166 Å². The second kappa shape index (κ2) is 7.90. The monoisotopic (exact) mass is 447 g/mol. The SMILES string of the molecule is O=C1C(=Cc2ccccc2[N+](=O)[O-])SC(=S)N1N=Cc1cccc(Br)c1. The molecule has 2 aromatic carbocycles. The van der Waals surface area contributed by atoms with Crippen molar-refractivity contribution in [3.63, 3.8) is 0 Å². The molecule has 2 aromatic rings. The summed E-state index contributed by atoms with van der Waals surface area (Å²) < 4.78 is 1.16. The van der Waals surface area contributed by atoms with Gasteiger partial charge in [0, 0.05) is 10.5 Å². The number of hydrogen-bond acceptors (Lipinski definition) is 6. The van der Waals surface area contributed by atoms with E-state index in [9.17, 15) is 14.9 Å². The lowest BCUT2D eigenvalue weighted by Crippen LogP contribution is -2.22. The van der Waals surface area contributed by atoms with Crippen LogP contribution in [-0.4, -0.2) is 26.4 Å². The first kappa shape index (κ1) is 18.4. The van der Waals surface area contributed by atoms with Gasteiger partial charge < -0.3 is 0 Å². The molecule has 0 aromatic heterocycles. The van der Waals surface area contributed by atoms with Crippen molar-refractivity contribution in [3.05, 3.63) is 79.2 Å². The number of carbonyl (C=O) groups is 1. The number of hydrazone groups is 1. The Morgan fingerprint density at radius 1 is 1.23 bits per heavy atom. The highest BCUT2D eigenvalue weighted by Crippen LogP contribution is 2.34. The van der Waals surface area contributed by atoms with Crippen LogP contribution in [0.15, 0.2) is 63.0 Å². The van der Waals surface area contributed by atoms with Crippen molar-refractivity contribution in [2.24, 2.45) is 5.10 Å². The molecular weight excluding hydrogens is 438 g/mol. The number of halogens is 1. The number of rotatable bonds is 4. The van der Waals surface area contributed by atoms with Gasteiger partial charge in [-0.1, -0.05) is 52.0 Å². The van der Waals surface area contributed by atoms with E-state index in [1.54, 1.807) is 18.2 Å². The molecule has 0 aliphatic carbocycles. The fourth-order valence-electron chi connectivity index (χ4n) is 2.19. The predicted octanol–water partition coefficient (Wildman–Crippen LogP) is 4.59. The second-order valence-corrected chi connectivity index (χ2v) is 7.70. The maximum absolute atomic E-state index is 12.5. The first-order chi connectivity index (χ1) is 12.5. The van der Waals surface area contributed by atoms with E-state index in [2.05, 4.69) is 21.0 Å². The molecule has 0 N–H and O–H groups in total. The second-order valence-electron chi connectivity index (χ2n) is 5.11. The van der Waals surface area contributed by atoms with Crippen LogP contribution in [0, 0.1) is 10.1 Å². The first-order valence-electron chi connectivity index (χ1n) is 7.26. The minimum atomic E-state index is -0.488. The van der Waals surface area contributed by atoms with Crippen LogP contribution in [-0.2, 0) is 4.79 Å². The van der Waals surface area contributed by atoms with Crippen LogP contribution in [0.5, 0.6) is 0 Å². The maximum atomic E-state index is 12.5. The molecule has 6 nitrogen and oxygen atoms in total. The van der Waals surface area contributed by atoms with Crippen molar-refractivity contribution in [1.29, 1.82) is 0 Å². The van der Waals surface area contributed by atoms with Gasteiger partial charge in [-0.3, -0.25) is 14.9 Å². The summed E-state index contributed by atoms with van der Waals surface area (Å²) in [5, 5.41) is 16.4. The largest absolute Gasteiger partial charge is 0.286 e. The predicted molar refractivity (Wildman–Crippen MR) is 110 cm³/mol. The number of benzene rings is 2. The fourth-order valence-corrected chi connectivity index (χ4v) is 3.77. The molecule has 1 amide bonds. The maximum Gasteiger partial charge on any atom is 0.286 e. The van der Waals surface area contributed by atoms with E-state index in [4.69, 9.17) is 12.2 Å². The van der Waals surface area contributed by atoms with E-state index < -0.39 is 10.8 Å². The Morgan fingerprint density at radius 3 is 2.73 bits per heavy atom. The number of nitro groups is 1. The number of nitrogens with zero attached hydrogens (tertiary/aromatic N) is 3. The molecular formula is C17H10BrN3O3S2. The first-order valence-corrected chi connectivity index (χ1v) is 9.28. The van der Waals surface area contributed by atoms with Crippen LogP contribution >= 0.6 is 39.9 Å². The number of hydrogen-bond donors (Lipinski definition) is 0. The molecule has 130 valence electrons. The molecule has 0 atom stereocenters. The van der Waals surface area contributed by atoms with Crippen LogP contribution in [0.1, 0.15) is 11.1 Å². The molecule has 0 spiro atoms. The smallest absolute Gasteiger partial charge is 0.266 e. The molecule has 1 aliphatic rings. The Bertz CT molecular complexity index is 975. The van der Waals surface area contributed by atoms with E-state index in [0.717, 1.165) is 26.8 Å². The molecule has 1 aliphatic heterocycles. The zero-order valence-electron chi connectivity index (χ0n) is 13.0. The standard InChI is InChI=1S/C17H10BrN3O3S2/c18-13-6-3-4-11(8-13)10-19-20-16(22)15(26-17(20)25)9-12-5-1-2-7-14(12)21(23)24/h1-10H. The van der Waals surface area contributed by atoms with Crippen LogP contribution in [0.4, 0.5) is 5.69 Å².